The first kappa shape index (κ1) is 12.7. The zero-order valence-corrected chi connectivity index (χ0v) is 10.9. The number of nitrogens with one attached hydrogen (secondary N) is 1. The van der Waals surface area contributed by atoms with Gasteiger partial charge < -0.3 is 14.5 Å². The van der Waals surface area contributed by atoms with E-state index >= 15 is 0 Å². The van der Waals surface area contributed by atoms with E-state index in [9.17, 15) is 0 Å². The molecule has 0 amide bonds. The number of rotatable bonds is 6. The molecule has 2 rings (SSSR count). The van der Waals surface area contributed by atoms with Crippen molar-refractivity contribution in [2.45, 2.75) is 20.4 Å². The van der Waals surface area contributed by atoms with E-state index < -0.39 is 0 Å². The zero-order chi connectivity index (χ0) is 12.8. The van der Waals surface area contributed by atoms with Crippen molar-refractivity contribution in [2.24, 2.45) is 0 Å². The summed E-state index contributed by atoms with van der Waals surface area (Å²) in [6, 6.07) is 12.0. The molecule has 1 aromatic carbocycles. The summed E-state index contributed by atoms with van der Waals surface area (Å²) in [5.41, 5.74) is 1.07. The Bertz CT molecular complexity index is 473. The molecule has 0 aliphatic rings. The fraction of sp³-hybridized carbons (Fsp3) is 0.333. The van der Waals surface area contributed by atoms with E-state index in [1.54, 1.807) is 0 Å². The summed E-state index contributed by atoms with van der Waals surface area (Å²) < 4.78 is 11.2. The summed E-state index contributed by atoms with van der Waals surface area (Å²) in [5.74, 6) is 2.74. The summed E-state index contributed by atoms with van der Waals surface area (Å²) in [5, 5.41) is 3.24. The van der Waals surface area contributed by atoms with Crippen LogP contribution in [0.15, 0.2) is 40.8 Å². The molecule has 1 N–H and O–H groups in total. The Hall–Kier alpha value is -1.74. The van der Waals surface area contributed by atoms with Crippen LogP contribution in [0.1, 0.15) is 19.6 Å². The number of ether oxygens (including phenoxy) is 1. The first-order valence-electron chi connectivity index (χ1n) is 6.36. The normalized spacial score (nSPS) is 10.6. The zero-order valence-electron chi connectivity index (χ0n) is 10.9. The molecule has 0 atom stereocenters. The van der Waals surface area contributed by atoms with Gasteiger partial charge in [0.25, 0.3) is 0 Å². The molecule has 18 heavy (non-hydrogen) atoms. The minimum Gasteiger partial charge on any atom is -0.494 e. The second kappa shape index (κ2) is 6.26. The Morgan fingerprint density at radius 2 is 1.83 bits per heavy atom. The second-order valence-corrected chi connectivity index (χ2v) is 4.00. The van der Waals surface area contributed by atoms with Crippen molar-refractivity contribution in [1.82, 2.24) is 5.32 Å². The maximum Gasteiger partial charge on any atom is 0.134 e. The summed E-state index contributed by atoms with van der Waals surface area (Å²) in [6.07, 6.45) is 0. The van der Waals surface area contributed by atoms with Gasteiger partial charge in [0.1, 0.15) is 17.3 Å². The monoisotopic (exact) mass is 245 g/mol. The van der Waals surface area contributed by atoms with Crippen LogP contribution >= 0.6 is 0 Å². The lowest BCUT2D eigenvalue weighted by Gasteiger charge is -2.03. The molecule has 3 heteroatoms. The van der Waals surface area contributed by atoms with Crippen molar-refractivity contribution in [1.29, 1.82) is 0 Å². The summed E-state index contributed by atoms with van der Waals surface area (Å²) in [7, 11) is 0. The fourth-order valence-corrected chi connectivity index (χ4v) is 1.76. The highest BCUT2D eigenvalue weighted by Gasteiger charge is 2.04. The number of hydrogen-bond acceptors (Lipinski definition) is 3. The van der Waals surface area contributed by atoms with Crippen molar-refractivity contribution in [3.63, 3.8) is 0 Å². The van der Waals surface area contributed by atoms with E-state index in [-0.39, 0.29) is 0 Å². The highest BCUT2D eigenvalue weighted by atomic mass is 16.5. The maximum atomic E-state index is 5.77. The molecule has 1 aromatic heterocycles. The van der Waals surface area contributed by atoms with Gasteiger partial charge in [0, 0.05) is 5.56 Å². The van der Waals surface area contributed by atoms with Crippen LogP contribution in [0.2, 0.25) is 0 Å². The lowest BCUT2D eigenvalue weighted by molar-refractivity contribution is 0.340. The topological polar surface area (TPSA) is 34.4 Å². The molecule has 0 aliphatic carbocycles. The predicted octanol–water partition coefficient (Wildman–Crippen LogP) is 3.45. The van der Waals surface area contributed by atoms with E-state index in [0.717, 1.165) is 35.9 Å². The highest BCUT2D eigenvalue weighted by Crippen LogP contribution is 2.24. The van der Waals surface area contributed by atoms with Crippen molar-refractivity contribution in [2.75, 3.05) is 13.2 Å². The maximum absolute atomic E-state index is 5.77. The molecule has 96 valence electrons. The van der Waals surface area contributed by atoms with Crippen LogP contribution in [-0.4, -0.2) is 13.2 Å². The third-order valence-electron chi connectivity index (χ3n) is 2.66. The molecule has 0 saturated heterocycles. The average Bonchev–Trinajstić information content (AvgIpc) is 2.86. The van der Waals surface area contributed by atoms with Gasteiger partial charge in [-0.2, -0.15) is 0 Å². The number of benzene rings is 1. The molecule has 0 unspecified atom stereocenters. The molecule has 0 bridgehead atoms. The Balaban J connectivity index is 2.08. The van der Waals surface area contributed by atoms with Gasteiger partial charge in [-0.15, -0.1) is 0 Å². The molecular weight excluding hydrogens is 226 g/mol. The molecular formula is C15H19NO2. The van der Waals surface area contributed by atoms with Gasteiger partial charge >= 0.3 is 0 Å². The van der Waals surface area contributed by atoms with Crippen LogP contribution in [0.3, 0.4) is 0 Å². The smallest absolute Gasteiger partial charge is 0.134 e. The van der Waals surface area contributed by atoms with Gasteiger partial charge in [-0.05, 0) is 49.9 Å². The molecule has 0 saturated carbocycles. The quantitative estimate of drug-likeness (QED) is 0.846. The molecule has 1 heterocycles. The van der Waals surface area contributed by atoms with Crippen LogP contribution in [0.5, 0.6) is 5.75 Å². The second-order valence-electron chi connectivity index (χ2n) is 4.00. The van der Waals surface area contributed by atoms with E-state index in [2.05, 4.69) is 12.2 Å². The third kappa shape index (κ3) is 3.14. The molecule has 0 radical (unpaired) electrons. The minimum absolute atomic E-state index is 0.687. The van der Waals surface area contributed by atoms with Crippen LogP contribution in [0.4, 0.5) is 0 Å². The molecule has 0 spiro atoms. The van der Waals surface area contributed by atoms with Crippen molar-refractivity contribution < 1.29 is 9.15 Å². The van der Waals surface area contributed by atoms with E-state index in [0.29, 0.717) is 6.61 Å². The molecule has 0 fully saturated rings. The van der Waals surface area contributed by atoms with Gasteiger partial charge in [0.15, 0.2) is 0 Å². The Morgan fingerprint density at radius 1 is 1.06 bits per heavy atom. The lowest BCUT2D eigenvalue weighted by atomic mass is 10.2. The first-order chi connectivity index (χ1) is 8.83. The summed E-state index contributed by atoms with van der Waals surface area (Å²) in [6.45, 7) is 6.46. The highest BCUT2D eigenvalue weighted by molar-refractivity contribution is 5.58. The van der Waals surface area contributed by atoms with Crippen LogP contribution in [0.25, 0.3) is 11.3 Å². The molecule has 2 aromatic rings. The largest absolute Gasteiger partial charge is 0.494 e. The Kier molecular flexibility index (Phi) is 4.42. The molecule has 3 nitrogen and oxygen atoms in total. The van der Waals surface area contributed by atoms with Gasteiger partial charge in [-0.3, -0.25) is 0 Å². The van der Waals surface area contributed by atoms with Crippen molar-refractivity contribution >= 4 is 0 Å². The van der Waals surface area contributed by atoms with Crippen molar-refractivity contribution in [3.8, 4) is 17.1 Å². The van der Waals surface area contributed by atoms with Crippen molar-refractivity contribution in [3.05, 3.63) is 42.2 Å². The molecule has 0 aliphatic heterocycles. The van der Waals surface area contributed by atoms with Crippen LogP contribution in [-0.2, 0) is 6.54 Å². The fourth-order valence-electron chi connectivity index (χ4n) is 1.76. The van der Waals surface area contributed by atoms with E-state index in [1.807, 2.05) is 43.3 Å². The predicted molar refractivity (Wildman–Crippen MR) is 72.7 cm³/mol. The summed E-state index contributed by atoms with van der Waals surface area (Å²) in [4.78, 5) is 0. The average molecular weight is 245 g/mol. The lowest BCUT2D eigenvalue weighted by Crippen LogP contribution is -2.10. The third-order valence-corrected chi connectivity index (χ3v) is 2.66. The SMILES string of the molecule is CCNCc1ccc(-c2ccc(OCC)cc2)o1. The number of hydrogen-bond donors (Lipinski definition) is 1. The summed E-state index contributed by atoms with van der Waals surface area (Å²) >= 11 is 0. The first-order valence-corrected chi connectivity index (χ1v) is 6.36. The standard InChI is InChI=1S/C15H19NO2/c1-3-16-11-14-9-10-15(18-14)12-5-7-13(8-6-12)17-4-2/h5-10,16H,3-4,11H2,1-2H3. The Morgan fingerprint density at radius 3 is 2.50 bits per heavy atom. The number of furan rings is 1. The Labute approximate surface area is 108 Å². The van der Waals surface area contributed by atoms with Gasteiger partial charge in [0.05, 0.1) is 13.2 Å². The van der Waals surface area contributed by atoms with Gasteiger partial charge in [-0.1, -0.05) is 6.92 Å². The minimum atomic E-state index is 0.687. The van der Waals surface area contributed by atoms with E-state index in [1.165, 1.54) is 0 Å². The van der Waals surface area contributed by atoms with Gasteiger partial charge in [0.2, 0.25) is 0 Å². The van der Waals surface area contributed by atoms with Gasteiger partial charge in [-0.25, -0.2) is 0 Å². The van der Waals surface area contributed by atoms with E-state index in [4.69, 9.17) is 9.15 Å². The van der Waals surface area contributed by atoms with Crippen LogP contribution in [0, 0.1) is 0 Å². The van der Waals surface area contributed by atoms with Crippen LogP contribution < -0.4 is 10.1 Å².